The predicted octanol–water partition coefficient (Wildman–Crippen LogP) is 1.59. The first-order valence-corrected chi connectivity index (χ1v) is 6.84. The van der Waals surface area contributed by atoms with Crippen LogP contribution in [0.15, 0.2) is 12.4 Å². The highest BCUT2D eigenvalue weighted by molar-refractivity contribution is 6.29. The monoisotopic (exact) mass is 297 g/mol. The van der Waals surface area contributed by atoms with E-state index in [0.717, 1.165) is 25.7 Å². The second-order valence-corrected chi connectivity index (χ2v) is 5.16. The molecule has 0 bridgehead atoms. The zero-order valence-corrected chi connectivity index (χ0v) is 11.9. The first-order valence-electron chi connectivity index (χ1n) is 6.46. The maximum Gasteiger partial charge on any atom is 0.308 e. The van der Waals surface area contributed by atoms with E-state index in [1.54, 1.807) is 0 Å². The van der Waals surface area contributed by atoms with E-state index in [9.17, 15) is 9.59 Å². The Hall–Kier alpha value is -1.69. The summed E-state index contributed by atoms with van der Waals surface area (Å²) in [5.41, 5.74) is 0.201. The number of nitrogens with zero attached hydrogens (tertiary/aromatic N) is 2. The smallest absolute Gasteiger partial charge is 0.308 e. The Kier molecular flexibility index (Phi) is 4.89. The average molecular weight is 298 g/mol. The first kappa shape index (κ1) is 14.7. The number of rotatable bonds is 3. The van der Waals surface area contributed by atoms with E-state index in [1.165, 1.54) is 19.5 Å². The van der Waals surface area contributed by atoms with Gasteiger partial charge in [0.05, 0.1) is 25.4 Å². The van der Waals surface area contributed by atoms with Gasteiger partial charge in [-0.15, -0.1) is 0 Å². The van der Waals surface area contributed by atoms with E-state index in [4.69, 9.17) is 16.3 Å². The zero-order chi connectivity index (χ0) is 14.5. The number of amides is 1. The third kappa shape index (κ3) is 3.66. The molecule has 6 nitrogen and oxygen atoms in total. The molecule has 1 aliphatic rings. The molecule has 1 amide bonds. The van der Waals surface area contributed by atoms with E-state index in [1.807, 2.05) is 0 Å². The summed E-state index contributed by atoms with van der Waals surface area (Å²) in [5, 5.41) is 3.07. The Morgan fingerprint density at radius 3 is 2.60 bits per heavy atom. The Morgan fingerprint density at radius 1 is 1.30 bits per heavy atom. The third-order valence-corrected chi connectivity index (χ3v) is 3.62. The van der Waals surface area contributed by atoms with Crippen LogP contribution in [-0.2, 0) is 9.53 Å². The molecule has 0 aliphatic heterocycles. The number of ether oxygens (including phenoxy) is 1. The standard InChI is InChI=1S/C13H16ClN3O3/c1-20-13(19)8-2-4-9(5-3-8)16-12(18)10-6-15-7-11(14)17-10/h6-9H,2-5H2,1H3,(H,16,18). The molecule has 0 radical (unpaired) electrons. The molecule has 1 N–H and O–H groups in total. The summed E-state index contributed by atoms with van der Waals surface area (Å²) in [6.45, 7) is 0. The van der Waals surface area contributed by atoms with Crippen molar-refractivity contribution < 1.29 is 14.3 Å². The van der Waals surface area contributed by atoms with Gasteiger partial charge in [-0.2, -0.15) is 0 Å². The summed E-state index contributed by atoms with van der Waals surface area (Å²) < 4.78 is 4.73. The van der Waals surface area contributed by atoms with Crippen molar-refractivity contribution in [3.63, 3.8) is 0 Å². The van der Waals surface area contributed by atoms with Crippen LogP contribution >= 0.6 is 11.6 Å². The molecule has 1 fully saturated rings. The van der Waals surface area contributed by atoms with Crippen LogP contribution in [0, 0.1) is 5.92 Å². The number of halogens is 1. The summed E-state index contributed by atoms with van der Waals surface area (Å²) >= 11 is 5.70. The summed E-state index contributed by atoms with van der Waals surface area (Å²) in [6, 6.07) is 0.0455. The fourth-order valence-corrected chi connectivity index (χ4v) is 2.50. The number of carbonyl (C=O) groups excluding carboxylic acids is 2. The quantitative estimate of drug-likeness (QED) is 0.857. The van der Waals surface area contributed by atoms with Gasteiger partial charge in [0, 0.05) is 6.04 Å². The summed E-state index contributed by atoms with van der Waals surface area (Å²) in [4.78, 5) is 31.1. The Labute approximate surface area is 121 Å². The normalized spacial score (nSPS) is 22.1. The molecule has 1 saturated carbocycles. The largest absolute Gasteiger partial charge is 0.469 e. The van der Waals surface area contributed by atoms with Gasteiger partial charge in [-0.3, -0.25) is 14.6 Å². The minimum absolute atomic E-state index is 0.0455. The van der Waals surface area contributed by atoms with E-state index < -0.39 is 0 Å². The van der Waals surface area contributed by atoms with Crippen molar-refractivity contribution in [2.75, 3.05) is 7.11 Å². The second-order valence-electron chi connectivity index (χ2n) is 4.77. The number of hydrogen-bond donors (Lipinski definition) is 1. The maximum atomic E-state index is 12.0. The van der Waals surface area contributed by atoms with Gasteiger partial charge in [0.1, 0.15) is 10.8 Å². The lowest BCUT2D eigenvalue weighted by Crippen LogP contribution is -2.39. The molecule has 1 aliphatic carbocycles. The van der Waals surface area contributed by atoms with Crippen molar-refractivity contribution in [2.24, 2.45) is 5.92 Å². The Bertz CT molecular complexity index is 501. The SMILES string of the molecule is COC(=O)C1CCC(NC(=O)c2cncc(Cl)n2)CC1. The summed E-state index contributed by atoms with van der Waals surface area (Å²) in [7, 11) is 1.40. The predicted molar refractivity (Wildman–Crippen MR) is 72.3 cm³/mol. The van der Waals surface area contributed by atoms with Crippen molar-refractivity contribution in [1.82, 2.24) is 15.3 Å². The van der Waals surface area contributed by atoms with Gasteiger partial charge in [-0.1, -0.05) is 11.6 Å². The van der Waals surface area contributed by atoms with Gasteiger partial charge in [0.25, 0.3) is 5.91 Å². The van der Waals surface area contributed by atoms with E-state index >= 15 is 0 Å². The number of methoxy groups -OCH3 is 1. The average Bonchev–Trinajstić information content (AvgIpc) is 2.47. The van der Waals surface area contributed by atoms with Crippen LogP contribution in [0.25, 0.3) is 0 Å². The lowest BCUT2D eigenvalue weighted by Gasteiger charge is -2.27. The van der Waals surface area contributed by atoms with Gasteiger partial charge >= 0.3 is 5.97 Å². The van der Waals surface area contributed by atoms with Crippen LogP contribution in [0.4, 0.5) is 0 Å². The second kappa shape index (κ2) is 6.65. The summed E-state index contributed by atoms with van der Waals surface area (Å²) in [6.07, 6.45) is 5.69. The number of aromatic nitrogens is 2. The van der Waals surface area contributed by atoms with E-state index in [0.29, 0.717) is 0 Å². The fraction of sp³-hybridized carbons (Fsp3) is 0.538. The molecule has 0 spiro atoms. The van der Waals surface area contributed by atoms with Crippen molar-refractivity contribution in [2.45, 2.75) is 31.7 Å². The molecule has 0 unspecified atom stereocenters. The Balaban J connectivity index is 1.86. The fourth-order valence-electron chi connectivity index (χ4n) is 2.35. The highest BCUT2D eigenvalue weighted by Crippen LogP contribution is 2.25. The minimum Gasteiger partial charge on any atom is -0.469 e. The van der Waals surface area contributed by atoms with Crippen molar-refractivity contribution in [3.8, 4) is 0 Å². The van der Waals surface area contributed by atoms with Crippen LogP contribution in [0.5, 0.6) is 0 Å². The molecule has 2 rings (SSSR count). The van der Waals surface area contributed by atoms with Crippen molar-refractivity contribution in [1.29, 1.82) is 0 Å². The Morgan fingerprint density at radius 2 is 2.00 bits per heavy atom. The van der Waals surface area contributed by atoms with Gasteiger partial charge < -0.3 is 10.1 Å². The minimum atomic E-state index is -0.290. The zero-order valence-electron chi connectivity index (χ0n) is 11.1. The number of nitrogens with one attached hydrogen (secondary N) is 1. The maximum absolute atomic E-state index is 12.0. The van der Waals surface area contributed by atoms with E-state index in [-0.39, 0.29) is 34.7 Å². The van der Waals surface area contributed by atoms with Crippen LogP contribution in [0.1, 0.15) is 36.2 Å². The highest BCUT2D eigenvalue weighted by atomic mass is 35.5. The van der Waals surface area contributed by atoms with Gasteiger partial charge in [-0.05, 0) is 25.7 Å². The molecular formula is C13H16ClN3O3. The van der Waals surface area contributed by atoms with Crippen LogP contribution < -0.4 is 5.32 Å². The summed E-state index contributed by atoms with van der Waals surface area (Å²) in [5.74, 6) is -0.517. The first-order chi connectivity index (χ1) is 9.60. The molecule has 108 valence electrons. The van der Waals surface area contributed by atoms with Gasteiger partial charge in [0.15, 0.2) is 0 Å². The molecule has 1 aromatic rings. The molecule has 20 heavy (non-hydrogen) atoms. The third-order valence-electron chi connectivity index (χ3n) is 3.43. The molecule has 0 atom stereocenters. The van der Waals surface area contributed by atoms with Gasteiger partial charge in [-0.25, -0.2) is 4.98 Å². The number of hydrogen-bond acceptors (Lipinski definition) is 5. The highest BCUT2D eigenvalue weighted by Gasteiger charge is 2.28. The number of carbonyl (C=O) groups is 2. The van der Waals surface area contributed by atoms with Crippen LogP contribution in [0.3, 0.4) is 0 Å². The molecule has 0 saturated heterocycles. The molecule has 0 aromatic carbocycles. The van der Waals surface area contributed by atoms with Crippen molar-refractivity contribution >= 4 is 23.5 Å². The van der Waals surface area contributed by atoms with Crippen LogP contribution in [0.2, 0.25) is 5.15 Å². The number of esters is 1. The molecule has 1 aromatic heterocycles. The lowest BCUT2D eigenvalue weighted by atomic mass is 9.86. The van der Waals surface area contributed by atoms with Crippen LogP contribution in [-0.4, -0.2) is 35.0 Å². The topological polar surface area (TPSA) is 81.2 Å². The van der Waals surface area contributed by atoms with Crippen molar-refractivity contribution in [3.05, 3.63) is 23.2 Å². The lowest BCUT2D eigenvalue weighted by molar-refractivity contribution is -0.146. The molecule has 7 heteroatoms. The van der Waals surface area contributed by atoms with E-state index in [2.05, 4.69) is 15.3 Å². The molecule has 1 heterocycles. The molecular weight excluding hydrogens is 282 g/mol. The van der Waals surface area contributed by atoms with Gasteiger partial charge in [0.2, 0.25) is 0 Å².